The van der Waals surface area contributed by atoms with E-state index in [1.165, 1.54) is 12.7 Å². The minimum absolute atomic E-state index is 0.539. The smallest absolute Gasteiger partial charge is 0.240 e. The quantitative estimate of drug-likeness (QED) is 0.568. The Morgan fingerprint density at radius 2 is 2.10 bits per heavy atom. The third kappa shape index (κ3) is 1.94. The summed E-state index contributed by atoms with van der Waals surface area (Å²) in [6.07, 6.45) is 2.87. The van der Waals surface area contributed by atoms with Crippen molar-refractivity contribution in [2.24, 2.45) is 0 Å². The first-order valence-corrected chi connectivity index (χ1v) is 3.04. The predicted molar refractivity (Wildman–Crippen MR) is 37.1 cm³/mol. The Morgan fingerprint density at radius 1 is 1.40 bits per heavy atom. The van der Waals surface area contributed by atoms with Gasteiger partial charge in [0.1, 0.15) is 12.7 Å². The van der Waals surface area contributed by atoms with E-state index in [-0.39, 0.29) is 0 Å². The van der Waals surface area contributed by atoms with Gasteiger partial charge < -0.3 is 0 Å². The van der Waals surface area contributed by atoms with Gasteiger partial charge in [-0.2, -0.15) is 0 Å². The number of aromatic nitrogens is 3. The van der Waals surface area contributed by atoms with Crippen molar-refractivity contribution >= 4 is 5.95 Å². The van der Waals surface area contributed by atoms with Crippen LogP contribution in [0.2, 0.25) is 0 Å². The highest BCUT2D eigenvalue weighted by Gasteiger charge is 1.87. The number of hydrazine groups is 1. The Balaban J connectivity index is 2.43. The van der Waals surface area contributed by atoms with Crippen LogP contribution < -0.4 is 10.9 Å². The zero-order valence-corrected chi connectivity index (χ0v) is 5.70. The molecule has 0 aromatic carbocycles. The van der Waals surface area contributed by atoms with Gasteiger partial charge in [0.25, 0.3) is 0 Å². The van der Waals surface area contributed by atoms with Crippen LogP contribution in [0.4, 0.5) is 5.95 Å². The number of nitrogens with one attached hydrogen (secondary N) is 2. The fourth-order valence-electron chi connectivity index (χ4n) is 0.471. The van der Waals surface area contributed by atoms with Crippen molar-refractivity contribution < 1.29 is 0 Å². The molecule has 0 radical (unpaired) electrons. The first-order valence-electron chi connectivity index (χ1n) is 3.04. The summed E-state index contributed by atoms with van der Waals surface area (Å²) in [5, 5.41) is 0. The van der Waals surface area contributed by atoms with Crippen LogP contribution in [0.15, 0.2) is 12.7 Å². The van der Waals surface area contributed by atoms with E-state index in [0.717, 1.165) is 6.54 Å². The van der Waals surface area contributed by atoms with Gasteiger partial charge in [-0.25, -0.2) is 20.4 Å². The van der Waals surface area contributed by atoms with Crippen molar-refractivity contribution in [1.82, 2.24) is 20.4 Å². The van der Waals surface area contributed by atoms with Crippen molar-refractivity contribution in [3.05, 3.63) is 12.7 Å². The molecule has 0 saturated heterocycles. The van der Waals surface area contributed by atoms with Gasteiger partial charge in [-0.1, -0.05) is 6.92 Å². The summed E-state index contributed by atoms with van der Waals surface area (Å²) in [6.45, 7) is 2.81. The summed E-state index contributed by atoms with van der Waals surface area (Å²) >= 11 is 0. The number of hydrogen-bond donors (Lipinski definition) is 2. The highest BCUT2D eigenvalue weighted by molar-refractivity contribution is 5.17. The Labute approximate surface area is 58.9 Å². The zero-order chi connectivity index (χ0) is 7.23. The molecule has 0 saturated carbocycles. The van der Waals surface area contributed by atoms with Gasteiger partial charge >= 0.3 is 0 Å². The average molecular weight is 139 g/mol. The minimum Gasteiger partial charge on any atom is -0.290 e. The van der Waals surface area contributed by atoms with Gasteiger partial charge in [-0.05, 0) is 0 Å². The highest BCUT2D eigenvalue weighted by Crippen LogP contribution is 1.86. The van der Waals surface area contributed by atoms with Crippen LogP contribution in [0.5, 0.6) is 0 Å². The molecule has 5 nitrogen and oxygen atoms in total. The first kappa shape index (κ1) is 6.88. The summed E-state index contributed by atoms with van der Waals surface area (Å²) < 4.78 is 0. The summed E-state index contributed by atoms with van der Waals surface area (Å²) in [5.74, 6) is 0.539. The van der Waals surface area contributed by atoms with E-state index >= 15 is 0 Å². The molecule has 1 aromatic heterocycles. The van der Waals surface area contributed by atoms with E-state index in [9.17, 15) is 0 Å². The molecule has 0 unspecified atom stereocenters. The van der Waals surface area contributed by atoms with E-state index in [0.29, 0.717) is 5.95 Å². The van der Waals surface area contributed by atoms with E-state index in [2.05, 4.69) is 25.8 Å². The van der Waals surface area contributed by atoms with Crippen molar-refractivity contribution in [3.8, 4) is 0 Å². The topological polar surface area (TPSA) is 62.7 Å². The van der Waals surface area contributed by atoms with Crippen molar-refractivity contribution in [2.45, 2.75) is 6.92 Å². The molecule has 1 aromatic rings. The van der Waals surface area contributed by atoms with Gasteiger partial charge in [0.2, 0.25) is 5.95 Å². The normalized spacial score (nSPS) is 9.30. The van der Waals surface area contributed by atoms with Crippen molar-refractivity contribution in [1.29, 1.82) is 0 Å². The molecule has 0 atom stereocenters. The molecule has 0 aliphatic carbocycles. The van der Waals surface area contributed by atoms with E-state index in [1.54, 1.807) is 0 Å². The second-order valence-corrected chi connectivity index (χ2v) is 1.62. The number of anilines is 1. The van der Waals surface area contributed by atoms with Gasteiger partial charge in [0.05, 0.1) is 0 Å². The van der Waals surface area contributed by atoms with Crippen LogP contribution in [0, 0.1) is 0 Å². The van der Waals surface area contributed by atoms with Crippen molar-refractivity contribution in [3.63, 3.8) is 0 Å². The standard InChI is InChI=1S/C5H9N5/c1-2-9-10-5-7-3-6-4-8-5/h3-4,9H,2H2,1H3,(H,6,7,8,10). The largest absolute Gasteiger partial charge is 0.290 e. The number of hydrogen-bond acceptors (Lipinski definition) is 5. The summed E-state index contributed by atoms with van der Waals surface area (Å²) in [7, 11) is 0. The van der Waals surface area contributed by atoms with E-state index in [4.69, 9.17) is 0 Å². The zero-order valence-electron chi connectivity index (χ0n) is 5.70. The molecule has 10 heavy (non-hydrogen) atoms. The third-order valence-electron chi connectivity index (χ3n) is 0.870. The Kier molecular flexibility index (Phi) is 2.57. The van der Waals surface area contributed by atoms with Gasteiger partial charge in [0.15, 0.2) is 0 Å². The lowest BCUT2D eigenvalue weighted by molar-refractivity contribution is 0.819. The summed E-state index contributed by atoms with van der Waals surface area (Å²) in [6, 6.07) is 0. The molecule has 0 aliphatic rings. The molecular weight excluding hydrogens is 130 g/mol. The van der Waals surface area contributed by atoms with Crippen molar-refractivity contribution in [2.75, 3.05) is 12.0 Å². The van der Waals surface area contributed by atoms with Crippen LogP contribution >= 0.6 is 0 Å². The molecule has 0 aliphatic heterocycles. The van der Waals surface area contributed by atoms with Crippen LogP contribution in [0.3, 0.4) is 0 Å². The Bertz CT molecular complexity index is 175. The van der Waals surface area contributed by atoms with Crippen LogP contribution in [0.25, 0.3) is 0 Å². The molecule has 0 amide bonds. The Hall–Kier alpha value is -1.23. The van der Waals surface area contributed by atoms with Gasteiger partial charge in [0, 0.05) is 6.54 Å². The van der Waals surface area contributed by atoms with Gasteiger partial charge in [-0.15, -0.1) is 0 Å². The molecule has 0 bridgehead atoms. The van der Waals surface area contributed by atoms with E-state index < -0.39 is 0 Å². The molecule has 5 heteroatoms. The van der Waals surface area contributed by atoms with Crippen LogP contribution in [0.1, 0.15) is 6.92 Å². The summed E-state index contributed by atoms with van der Waals surface area (Å²) in [5.41, 5.74) is 5.64. The lowest BCUT2D eigenvalue weighted by Crippen LogP contribution is -2.22. The summed E-state index contributed by atoms with van der Waals surface area (Å²) in [4.78, 5) is 11.3. The maximum absolute atomic E-state index is 3.82. The average Bonchev–Trinajstić information content (AvgIpc) is 2.03. The maximum Gasteiger partial charge on any atom is 0.240 e. The fraction of sp³-hybridized carbons (Fsp3) is 0.400. The van der Waals surface area contributed by atoms with Crippen LogP contribution in [-0.2, 0) is 0 Å². The molecule has 0 spiro atoms. The third-order valence-corrected chi connectivity index (χ3v) is 0.870. The SMILES string of the molecule is CCNNc1ncncn1. The minimum atomic E-state index is 0.539. The van der Waals surface area contributed by atoms with Gasteiger partial charge in [-0.3, -0.25) is 5.43 Å². The second kappa shape index (κ2) is 3.73. The lowest BCUT2D eigenvalue weighted by Gasteiger charge is -2.00. The van der Waals surface area contributed by atoms with Crippen LogP contribution in [-0.4, -0.2) is 21.5 Å². The second-order valence-electron chi connectivity index (χ2n) is 1.62. The monoisotopic (exact) mass is 139 g/mol. The van der Waals surface area contributed by atoms with E-state index in [1.807, 2.05) is 6.92 Å². The predicted octanol–water partition coefficient (Wildman–Crippen LogP) is -0.192. The number of rotatable bonds is 3. The molecule has 2 N–H and O–H groups in total. The molecule has 0 fully saturated rings. The molecular formula is C5H9N5. The number of nitrogens with zero attached hydrogens (tertiary/aromatic N) is 3. The maximum atomic E-state index is 3.82. The molecule has 54 valence electrons. The lowest BCUT2D eigenvalue weighted by atomic mass is 10.8. The molecule has 1 heterocycles. The fourth-order valence-corrected chi connectivity index (χ4v) is 0.471. The highest BCUT2D eigenvalue weighted by atomic mass is 15.4. The first-order chi connectivity index (χ1) is 4.93. The Morgan fingerprint density at radius 3 is 2.70 bits per heavy atom. The molecule has 1 rings (SSSR count).